The summed E-state index contributed by atoms with van der Waals surface area (Å²) >= 11 is 2.94. The Hall–Kier alpha value is -2.46. The standard InChI is InChI=1S/C16H17N5O3S2/c1-3-25-16-20-19-15(26-16)17-12(22)8-9-13-18-14(21-24-13)10-6-4-5-7-11(10)23-2/h4-7H,3,8-9H2,1-2H3,(H,17,19,22). The lowest BCUT2D eigenvalue weighted by atomic mass is 10.2. The molecule has 0 spiro atoms. The largest absolute Gasteiger partial charge is 0.496 e. The van der Waals surface area contributed by atoms with Crippen LogP contribution in [-0.4, -0.2) is 39.1 Å². The van der Waals surface area contributed by atoms with Crippen LogP contribution < -0.4 is 10.1 Å². The number of methoxy groups -OCH3 is 1. The zero-order valence-corrected chi connectivity index (χ0v) is 15.9. The van der Waals surface area contributed by atoms with Gasteiger partial charge in [-0.05, 0) is 17.9 Å². The molecule has 0 bridgehead atoms. The first kappa shape index (κ1) is 18.3. The number of nitrogens with zero attached hydrogens (tertiary/aromatic N) is 4. The normalized spacial score (nSPS) is 10.7. The van der Waals surface area contributed by atoms with Crippen molar-refractivity contribution >= 4 is 34.1 Å². The third kappa shape index (κ3) is 4.58. The summed E-state index contributed by atoms with van der Waals surface area (Å²) in [6.45, 7) is 2.04. The van der Waals surface area contributed by atoms with Crippen LogP contribution in [0.1, 0.15) is 19.2 Å². The highest BCUT2D eigenvalue weighted by atomic mass is 32.2. The Bertz CT molecular complexity index is 880. The van der Waals surface area contributed by atoms with E-state index >= 15 is 0 Å². The lowest BCUT2D eigenvalue weighted by Gasteiger charge is -2.03. The second-order valence-electron chi connectivity index (χ2n) is 5.07. The molecule has 2 aromatic heterocycles. The van der Waals surface area contributed by atoms with E-state index in [0.29, 0.717) is 29.0 Å². The predicted octanol–water partition coefficient (Wildman–Crippen LogP) is 3.28. The summed E-state index contributed by atoms with van der Waals surface area (Å²) in [7, 11) is 1.59. The molecule has 10 heteroatoms. The molecule has 3 aromatic rings. The van der Waals surface area contributed by atoms with Gasteiger partial charge in [-0.3, -0.25) is 4.79 Å². The van der Waals surface area contributed by atoms with Gasteiger partial charge >= 0.3 is 0 Å². The number of ether oxygens (including phenoxy) is 1. The molecule has 0 aliphatic carbocycles. The highest BCUT2D eigenvalue weighted by molar-refractivity contribution is 8.01. The van der Waals surface area contributed by atoms with E-state index in [2.05, 4.69) is 25.7 Å². The molecule has 136 valence electrons. The second-order valence-corrected chi connectivity index (χ2v) is 7.55. The van der Waals surface area contributed by atoms with Gasteiger partial charge in [0.25, 0.3) is 0 Å². The monoisotopic (exact) mass is 391 g/mol. The number of nitrogens with one attached hydrogen (secondary N) is 1. The molecule has 0 fully saturated rings. The minimum atomic E-state index is -0.175. The van der Waals surface area contributed by atoms with Crippen LogP contribution in [0.5, 0.6) is 5.75 Å². The summed E-state index contributed by atoms with van der Waals surface area (Å²) in [6.07, 6.45) is 0.548. The van der Waals surface area contributed by atoms with Gasteiger partial charge in [-0.2, -0.15) is 4.98 Å². The van der Waals surface area contributed by atoms with Crippen LogP contribution in [0, 0.1) is 0 Å². The Balaban J connectivity index is 1.56. The van der Waals surface area contributed by atoms with E-state index in [9.17, 15) is 4.79 Å². The molecule has 2 heterocycles. The first-order valence-electron chi connectivity index (χ1n) is 7.91. The highest BCUT2D eigenvalue weighted by Crippen LogP contribution is 2.27. The van der Waals surface area contributed by atoms with Crippen LogP contribution in [0.15, 0.2) is 33.1 Å². The van der Waals surface area contributed by atoms with Gasteiger partial charge in [-0.25, -0.2) is 0 Å². The van der Waals surface area contributed by atoms with Crippen LogP contribution in [0.4, 0.5) is 5.13 Å². The fourth-order valence-corrected chi connectivity index (χ4v) is 3.80. The van der Waals surface area contributed by atoms with Crippen molar-refractivity contribution in [3.8, 4) is 17.1 Å². The number of carbonyl (C=O) groups excluding carboxylic acids is 1. The zero-order chi connectivity index (χ0) is 18.4. The van der Waals surface area contributed by atoms with Gasteiger partial charge in [0.2, 0.25) is 22.8 Å². The number of amides is 1. The smallest absolute Gasteiger partial charge is 0.227 e. The highest BCUT2D eigenvalue weighted by Gasteiger charge is 2.14. The number of thioether (sulfide) groups is 1. The molecule has 0 saturated carbocycles. The number of hydrogen-bond donors (Lipinski definition) is 1. The van der Waals surface area contributed by atoms with Gasteiger partial charge in [-0.15, -0.1) is 10.2 Å². The number of aromatic nitrogens is 4. The SMILES string of the molecule is CCSc1nnc(NC(=O)CCc2nc(-c3ccccc3OC)no2)s1. The number of anilines is 1. The number of rotatable bonds is 8. The van der Waals surface area contributed by atoms with E-state index in [0.717, 1.165) is 15.7 Å². The molecule has 0 atom stereocenters. The summed E-state index contributed by atoms with van der Waals surface area (Å²) in [4.78, 5) is 16.4. The summed E-state index contributed by atoms with van der Waals surface area (Å²) < 4.78 is 11.4. The maximum Gasteiger partial charge on any atom is 0.227 e. The van der Waals surface area contributed by atoms with Crippen molar-refractivity contribution in [2.24, 2.45) is 0 Å². The van der Waals surface area contributed by atoms with Crippen molar-refractivity contribution in [3.05, 3.63) is 30.2 Å². The Morgan fingerprint density at radius 2 is 2.19 bits per heavy atom. The molecule has 26 heavy (non-hydrogen) atoms. The topological polar surface area (TPSA) is 103 Å². The van der Waals surface area contributed by atoms with Crippen molar-refractivity contribution in [1.29, 1.82) is 0 Å². The molecule has 3 rings (SSSR count). The lowest BCUT2D eigenvalue weighted by molar-refractivity contribution is -0.116. The number of aryl methyl sites for hydroxylation is 1. The van der Waals surface area contributed by atoms with Gasteiger partial charge in [0, 0.05) is 12.8 Å². The minimum Gasteiger partial charge on any atom is -0.496 e. The molecule has 0 radical (unpaired) electrons. The van der Waals surface area contributed by atoms with Crippen molar-refractivity contribution in [2.75, 3.05) is 18.2 Å². The molecular weight excluding hydrogens is 374 g/mol. The molecule has 0 unspecified atom stereocenters. The van der Waals surface area contributed by atoms with Crippen LogP contribution >= 0.6 is 23.1 Å². The van der Waals surface area contributed by atoms with E-state index < -0.39 is 0 Å². The molecule has 8 nitrogen and oxygen atoms in total. The predicted molar refractivity (Wildman–Crippen MR) is 99.5 cm³/mol. The number of carbonyl (C=O) groups is 1. The number of hydrogen-bond acceptors (Lipinski definition) is 9. The van der Waals surface area contributed by atoms with E-state index in [-0.39, 0.29) is 12.3 Å². The van der Waals surface area contributed by atoms with Gasteiger partial charge in [0.1, 0.15) is 5.75 Å². The van der Waals surface area contributed by atoms with Crippen LogP contribution in [0.2, 0.25) is 0 Å². The average molecular weight is 391 g/mol. The second kappa shape index (κ2) is 8.77. The maximum absolute atomic E-state index is 12.0. The Kier molecular flexibility index (Phi) is 6.18. The fraction of sp³-hybridized carbons (Fsp3) is 0.312. The molecule has 1 amide bonds. The zero-order valence-electron chi connectivity index (χ0n) is 14.3. The first-order valence-corrected chi connectivity index (χ1v) is 9.72. The third-order valence-electron chi connectivity index (χ3n) is 3.30. The summed E-state index contributed by atoms with van der Waals surface area (Å²) in [5, 5.41) is 15.1. The summed E-state index contributed by atoms with van der Waals surface area (Å²) in [6, 6.07) is 7.41. The van der Waals surface area contributed by atoms with Crippen molar-refractivity contribution in [1.82, 2.24) is 20.3 Å². The average Bonchev–Trinajstić information content (AvgIpc) is 3.30. The molecular formula is C16H17N5O3S2. The molecule has 1 aromatic carbocycles. The van der Waals surface area contributed by atoms with Crippen LogP contribution in [-0.2, 0) is 11.2 Å². The van der Waals surface area contributed by atoms with Crippen molar-refractivity contribution < 1.29 is 14.1 Å². The maximum atomic E-state index is 12.0. The molecule has 0 aliphatic rings. The van der Waals surface area contributed by atoms with Crippen LogP contribution in [0.25, 0.3) is 11.4 Å². The quantitative estimate of drug-likeness (QED) is 0.461. The fourth-order valence-electron chi connectivity index (χ4n) is 2.14. The lowest BCUT2D eigenvalue weighted by Crippen LogP contribution is -2.12. The third-order valence-corrected chi connectivity index (χ3v) is 5.16. The Morgan fingerprint density at radius 3 is 3.00 bits per heavy atom. The number of para-hydroxylation sites is 1. The molecule has 0 aliphatic heterocycles. The van der Waals surface area contributed by atoms with Gasteiger partial charge < -0.3 is 14.6 Å². The Morgan fingerprint density at radius 1 is 1.35 bits per heavy atom. The van der Waals surface area contributed by atoms with Gasteiger partial charge in [0.05, 0.1) is 12.7 Å². The summed E-state index contributed by atoms with van der Waals surface area (Å²) in [5.74, 6) is 2.22. The van der Waals surface area contributed by atoms with Crippen LogP contribution in [0.3, 0.4) is 0 Å². The molecule has 0 saturated heterocycles. The number of benzene rings is 1. The van der Waals surface area contributed by atoms with Crippen molar-refractivity contribution in [3.63, 3.8) is 0 Å². The molecule has 1 N–H and O–H groups in total. The van der Waals surface area contributed by atoms with Gasteiger partial charge in [0.15, 0.2) is 4.34 Å². The van der Waals surface area contributed by atoms with E-state index in [4.69, 9.17) is 9.26 Å². The summed E-state index contributed by atoms with van der Waals surface area (Å²) in [5.41, 5.74) is 0.740. The van der Waals surface area contributed by atoms with E-state index in [1.54, 1.807) is 18.9 Å². The minimum absolute atomic E-state index is 0.175. The van der Waals surface area contributed by atoms with E-state index in [1.165, 1.54) is 11.3 Å². The van der Waals surface area contributed by atoms with E-state index in [1.807, 2.05) is 31.2 Å². The Labute approximate surface area is 158 Å². The first-order chi connectivity index (χ1) is 12.7. The van der Waals surface area contributed by atoms with Gasteiger partial charge in [-0.1, -0.05) is 47.3 Å². The van der Waals surface area contributed by atoms with Crippen molar-refractivity contribution in [2.45, 2.75) is 24.1 Å².